The molecule has 0 aliphatic carbocycles. The van der Waals surface area contributed by atoms with E-state index in [2.05, 4.69) is 39.8 Å². The zero-order chi connectivity index (χ0) is 13.8. The molecule has 7 heteroatoms. The van der Waals surface area contributed by atoms with E-state index in [1.807, 2.05) is 11.7 Å². The molecule has 0 amide bonds. The highest BCUT2D eigenvalue weighted by Gasteiger charge is 2.11. The normalized spacial score (nSPS) is 11.2. The smallest absolute Gasteiger partial charge is 0.191 e. The second kappa shape index (κ2) is 6.21. The van der Waals surface area contributed by atoms with Crippen molar-refractivity contribution < 1.29 is 0 Å². The molecule has 0 aliphatic rings. The van der Waals surface area contributed by atoms with E-state index in [1.54, 1.807) is 11.8 Å². The molecule has 0 saturated heterocycles. The maximum atomic E-state index is 5.65. The average Bonchev–Trinajstić information content (AvgIpc) is 2.98. The van der Waals surface area contributed by atoms with Gasteiger partial charge < -0.3 is 10.3 Å². The number of hydrogen-bond acceptors (Lipinski definition) is 5. The summed E-state index contributed by atoms with van der Waals surface area (Å²) < 4.78 is 3.99. The largest absolute Gasteiger partial charge is 0.324 e. The van der Waals surface area contributed by atoms with Crippen molar-refractivity contribution in [1.82, 2.24) is 24.5 Å². The van der Waals surface area contributed by atoms with Crippen molar-refractivity contribution in [3.63, 3.8) is 0 Å². The minimum atomic E-state index is 0.424. The zero-order valence-electron chi connectivity index (χ0n) is 11.6. The summed E-state index contributed by atoms with van der Waals surface area (Å²) in [5, 5.41) is 13.7. The van der Waals surface area contributed by atoms with Crippen molar-refractivity contribution in [3.8, 4) is 0 Å². The van der Waals surface area contributed by atoms with Gasteiger partial charge in [-0.25, -0.2) is 0 Å². The SMILES string of the molecule is CCc1cc(CSc2nnc(CN)n2CC)n(C)n1. The van der Waals surface area contributed by atoms with Crippen LogP contribution in [-0.2, 0) is 32.3 Å². The van der Waals surface area contributed by atoms with E-state index in [9.17, 15) is 0 Å². The average molecular weight is 280 g/mol. The van der Waals surface area contributed by atoms with Gasteiger partial charge in [-0.15, -0.1) is 10.2 Å². The van der Waals surface area contributed by atoms with Gasteiger partial charge in [0.05, 0.1) is 12.2 Å². The Morgan fingerprint density at radius 1 is 1.32 bits per heavy atom. The van der Waals surface area contributed by atoms with Crippen molar-refractivity contribution in [1.29, 1.82) is 0 Å². The first-order chi connectivity index (χ1) is 9.19. The van der Waals surface area contributed by atoms with Gasteiger partial charge in [0.2, 0.25) is 0 Å². The predicted octanol–water partition coefficient (Wildman–Crippen LogP) is 1.34. The summed E-state index contributed by atoms with van der Waals surface area (Å²) in [5.74, 6) is 1.68. The van der Waals surface area contributed by atoms with E-state index in [1.165, 1.54) is 5.69 Å². The van der Waals surface area contributed by atoms with E-state index in [4.69, 9.17) is 5.73 Å². The summed E-state index contributed by atoms with van der Waals surface area (Å²) in [6.45, 7) is 5.45. The quantitative estimate of drug-likeness (QED) is 0.808. The lowest BCUT2D eigenvalue weighted by Gasteiger charge is -2.05. The Kier molecular flexibility index (Phi) is 4.60. The molecule has 0 unspecified atom stereocenters. The van der Waals surface area contributed by atoms with Gasteiger partial charge in [-0.3, -0.25) is 4.68 Å². The highest BCUT2D eigenvalue weighted by Crippen LogP contribution is 2.22. The molecule has 0 atom stereocenters. The lowest BCUT2D eigenvalue weighted by atomic mass is 10.3. The summed E-state index contributed by atoms with van der Waals surface area (Å²) in [4.78, 5) is 0. The fraction of sp³-hybridized carbons (Fsp3) is 0.583. The van der Waals surface area contributed by atoms with Gasteiger partial charge in [-0.2, -0.15) is 5.10 Å². The zero-order valence-corrected chi connectivity index (χ0v) is 12.4. The monoisotopic (exact) mass is 280 g/mol. The van der Waals surface area contributed by atoms with Crippen LogP contribution in [0.4, 0.5) is 0 Å². The minimum Gasteiger partial charge on any atom is -0.324 e. The van der Waals surface area contributed by atoms with Crippen LogP contribution < -0.4 is 5.73 Å². The second-order valence-electron chi connectivity index (χ2n) is 4.24. The Labute approximate surface area is 117 Å². The number of hydrogen-bond donors (Lipinski definition) is 1. The number of rotatable bonds is 6. The number of aryl methyl sites for hydroxylation is 2. The fourth-order valence-corrected chi connectivity index (χ4v) is 2.95. The van der Waals surface area contributed by atoms with Crippen LogP contribution in [0, 0.1) is 0 Å². The molecule has 104 valence electrons. The number of thioether (sulfide) groups is 1. The molecule has 0 spiro atoms. The maximum Gasteiger partial charge on any atom is 0.191 e. The Bertz CT molecular complexity index is 544. The highest BCUT2D eigenvalue weighted by atomic mass is 32.2. The van der Waals surface area contributed by atoms with Crippen LogP contribution in [0.3, 0.4) is 0 Å². The summed E-state index contributed by atoms with van der Waals surface area (Å²) in [7, 11) is 1.98. The number of nitrogens with two attached hydrogens (primary N) is 1. The molecule has 0 aliphatic heterocycles. The van der Waals surface area contributed by atoms with Crippen molar-refractivity contribution in [2.45, 2.75) is 44.3 Å². The molecular formula is C12H20N6S. The van der Waals surface area contributed by atoms with Crippen LogP contribution >= 0.6 is 11.8 Å². The molecule has 0 radical (unpaired) electrons. The van der Waals surface area contributed by atoms with Gasteiger partial charge in [0.25, 0.3) is 0 Å². The van der Waals surface area contributed by atoms with Crippen molar-refractivity contribution in [2.75, 3.05) is 0 Å². The maximum absolute atomic E-state index is 5.65. The van der Waals surface area contributed by atoms with Crippen molar-refractivity contribution in [2.24, 2.45) is 12.8 Å². The Morgan fingerprint density at radius 2 is 2.11 bits per heavy atom. The highest BCUT2D eigenvalue weighted by molar-refractivity contribution is 7.98. The molecular weight excluding hydrogens is 260 g/mol. The van der Waals surface area contributed by atoms with Gasteiger partial charge in [0.1, 0.15) is 5.82 Å². The van der Waals surface area contributed by atoms with Crippen LogP contribution in [0.1, 0.15) is 31.1 Å². The third-order valence-electron chi connectivity index (χ3n) is 3.03. The van der Waals surface area contributed by atoms with E-state index in [0.29, 0.717) is 6.54 Å². The number of aromatic nitrogens is 5. The van der Waals surface area contributed by atoms with Crippen molar-refractivity contribution in [3.05, 3.63) is 23.3 Å². The molecule has 2 N–H and O–H groups in total. The summed E-state index contributed by atoms with van der Waals surface area (Å²) in [5.41, 5.74) is 7.96. The minimum absolute atomic E-state index is 0.424. The lowest BCUT2D eigenvalue weighted by Crippen LogP contribution is -2.08. The second-order valence-corrected chi connectivity index (χ2v) is 5.18. The summed E-state index contributed by atoms with van der Waals surface area (Å²) in [6, 6.07) is 2.14. The molecule has 0 saturated carbocycles. The van der Waals surface area contributed by atoms with Gasteiger partial charge >= 0.3 is 0 Å². The van der Waals surface area contributed by atoms with Gasteiger partial charge in [0, 0.05) is 25.0 Å². The molecule has 0 aromatic carbocycles. The molecule has 2 rings (SSSR count). The molecule has 2 heterocycles. The standard InChI is InChI=1S/C12H20N6S/c1-4-9-6-10(17(3)16-9)8-19-12-15-14-11(7-13)18(12)5-2/h6H,4-5,7-8,13H2,1-3H3. The van der Waals surface area contributed by atoms with E-state index in [-0.39, 0.29) is 0 Å². The van der Waals surface area contributed by atoms with Gasteiger partial charge in [-0.05, 0) is 19.4 Å². The predicted molar refractivity (Wildman–Crippen MR) is 75.7 cm³/mol. The molecule has 0 bridgehead atoms. The molecule has 2 aromatic heterocycles. The Hall–Kier alpha value is -1.34. The third kappa shape index (κ3) is 2.98. The first-order valence-corrected chi connectivity index (χ1v) is 7.44. The first kappa shape index (κ1) is 14.1. The molecule has 2 aromatic rings. The van der Waals surface area contributed by atoms with E-state index in [0.717, 1.165) is 35.4 Å². The van der Waals surface area contributed by atoms with Gasteiger partial charge in [-0.1, -0.05) is 18.7 Å². The van der Waals surface area contributed by atoms with Crippen LogP contribution in [-0.4, -0.2) is 24.5 Å². The number of nitrogens with zero attached hydrogens (tertiary/aromatic N) is 5. The Balaban J connectivity index is 2.09. The van der Waals surface area contributed by atoms with E-state index >= 15 is 0 Å². The van der Waals surface area contributed by atoms with Crippen LogP contribution in [0.25, 0.3) is 0 Å². The van der Waals surface area contributed by atoms with Crippen LogP contribution in [0.2, 0.25) is 0 Å². The van der Waals surface area contributed by atoms with Crippen LogP contribution in [0.5, 0.6) is 0 Å². The third-order valence-corrected chi connectivity index (χ3v) is 4.03. The molecule has 19 heavy (non-hydrogen) atoms. The molecule has 6 nitrogen and oxygen atoms in total. The fourth-order valence-electron chi connectivity index (χ4n) is 1.91. The Morgan fingerprint density at radius 3 is 2.68 bits per heavy atom. The topological polar surface area (TPSA) is 74.5 Å². The van der Waals surface area contributed by atoms with Gasteiger partial charge in [0.15, 0.2) is 5.16 Å². The summed E-state index contributed by atoms with van der Waals surface area (Å²) in [6.07, 6.45) is 0.959. The van der Waals surface area contributed by atoms with E-state index < -0.39 is 0 Å². The van der Waals surface area contributed by atoms with Crippen molar-refractivity contribution >= 4 is 11.8 Å². The van der Waals surface area contributed by atoms with Crippen LogP contribution in [0.15, 0.2) is 11.2 Å². The summed E-state index contributed by atoms with van der Waals surface area (Å²) >= 11 is 1.67. The lowest BCUT2D eigenvalue weighted by molar-refractivity contribution is 0.642. The molecule has 0 fully saturated rings. The first-order valence-electron chi connectivity index (χ1n) is 6.46.